The Bertz CT molecular complexity index is 405. The lowest BCUT2D eigenvalue weighted by Crippen LogP contribution is -2.56. The number of terminal acetylenes is 1. The molecule has 0 spiro atoms. The van der Waals surface area contributed by atoms with Crippen molar-refractivity contribution in [1.29, 1.82) is 0 Å². The van der Waals surface area contributed by atoms with Crippen LogP contribution in [0, 0.1) is 35.0 Å². The number of amides is 1. The van der Waals surface area contributed by atoms with Crippen LogP contribution < -0.4 is 5.32 Å². The zero-order valence-electron chi connectivity index (χ0n) is 12.0. The van der Waals surface area contributed by atoms with Gasteiger partial charge in [0.2, 0.25) is 5.91 Å². The minimum atomic E-state index is -0.0328. The highest BCUT2D eigenvalue weighted by atomic mass is 16.2. The summed E-state index contributed by atoms with van der Waals surface area (Å²) in [4.78, 5) is 12.6. The molecule has 0 saturated heterocycles. The first-order chi connectivity index (χ1) is 9.05. The van der Waals surface area contributed by atoms with Gasteiger partial charge in [-0.1, -0.05) is 6.92 Å². The molecule has 0 heterocycles. The van der Waals surface area contributed by atoms with Crippen LogP contribution in [0.3, 0.4) is 0 Å². The fraction of sp³-hybridized carbons (Fsp3) is 0.824. The van der Waals surface area contributed by atoms with Gasteiger partial charge in [-0.05, 0) is 62.2 Å². The van der Waals surface area contributed by atoms with Gasteiger partial charge in [0.15, 0.2) is 0 Å². The van der Waals surface area contributed by atoms with E-state index in [2.05, 4.69) is 18.2 Å². The third-order valence-electron chi connectivity index (χ3n) is 5.62. The Labute approximate surface area is 116 Å². The van der Waals surface area contributed by atoms with Crippen molar-refractivity contribution in [2.24, 2.45) is 22.7 Å². The Hall–Kier alpha value is -0.970. The summed E-state index contributed by atoms with van der Waals surface area (Å²) in [5.41, 5.74) is 0.412. The lowest BCUT2D eigenvalue weighted by molar-refractivity contribution is -0.155. The molecule has 2 heteroatoms. The molecule has 19 heavy (non-hydrogen) atoms. The number of nitrogens with one attached hydrogen (secondary N) is 1. The summed E-state index contributed by atoms with van der Waals surface area (Å²) < 4.78 is 0. The number of hydrogen-bond donors (Lipinski definition) is 1. The van der Waals surface area contributed by atoms with Gasteiger partial charge in [0.05, 0.1) is 5.41 Å². The molecule has 2 atom stereocenters. The van der Waals surface area contributed by atoms with Crippen LogP contribution in [-0.4, -0.2) is 12.5 Å². The molecule has 4 bridgehead atoms. The number of unbranched alkanes of at least 4 members (excludes halogenated alkanes) is 1. The Kier molecular flexibility index (Phi) is 3.12. The van der Waals surface area contributed by atoms with Crippen molar-refractivity contribution in [3.63, 3.8) is 0 Å². The first-order valence-electron chi connectivity index (χ1n) is 7.77. The fourth-order valence-electron chi connectivity index (χ4n) is 5.57. The third kappa shape index (κ3) is 2.29. The predicted molar refractivity (Wildman–Crippen MR) is 76.3 cm³/mol. The van der Waals surface area contributed by atoms with E-state index in [1.165, 1.54) is 19.3 Å². The molecule has 0 aromatic rings. The average molecular weight is 259 g/mol. The van der Waals surface area contributed by atoms with E-state index in [-0.39, 0.29) is 5.41 Å². The Balaban J connectivity index is 1.66. The molecule has 0 aromatic carbocycles. The molecule has 2 unspecified atom stereocenters. The zero-order chi connectivity index (χ0) is 13.5. The van der Waals surface area contributed by atoms with Crippen LogP contribution in [-0.2, 0) is 4.79 Å². The first kappa shape index (κ1) is 13.0. The number of carbonyl (C=O) groups is 1. The van der Waals surface area contributed by atoms with E-state index < -0.39 is 0 Å². The minimum Gasteiger partial charge on any atom is -0.356 e. The zero-order valence-corrected chi connectivity index (χ0v) is 12.0. The summed E-state index contributed by atoms with van der Waals surface area (Å²) in [5, 5.41) is 3.16. The second kappa shape index (κ2) is 4.54. The molecule has 1 N–H and O–H groups in total. The fourth-order valence-corrected chi connectivity index (χ4v) is 5.57. The standard InChI is InChI=1S/C17H25NO/c1-3-4-5-6-18-15(19)17-10-13-7-14(11-17)9-16(2,8-13)12-17/h1,13-14H,4-12H2,2H3,(H,18,19). The number of carbonyl (C=O) groups excluding carboxylic acids is 1. The van der Waals surface area contributed by atoms with E-state index in [1.54, 1.807) is 0 Å². The summed E-state index contributed by atoms with van der Waals surface area (Å²) in [6.45, 7) is 3.15. The van der Waals surface area contributed by atoms with Gasteiger partial charge in [-0.3, -0.25) is 4.79 Å². The van der Waals surface area contributed by atoms with E-state index in [0.29, 0.717) is 11.3 Å². The van der Waals surface area contributed by atoms with Gasteiger partial charge in [-0.15, -0.1) is 12.3 Å². The predicted octanol–water partition coefficient (Wildman–Crippen LogP) is 3.12. The van der Waals surface area contributed by atoms with E-state index in [9.17, 15) is 4.79 Å². The van der Waals surface area contributed by atoms with Crippen molar-refractivity contribution in [2.45, 2.75) is 58.3 Å². The molecular formula is C17H25NO. The summed E-state index contributed by atoms with van der Waals surface area (Å²) in [7, 11) is 0. The normalized spacial score (nSPS) is 42.9. The van der Waals surface area contributed by atoms with Crippen LogP contribution in [0.25, 0.3) is 0 Å². The van der Waals surface area contributed by atoms with Gasteiger partial charge < -0.3 is 5.32 Å². The minimum absolute atomic E-state index is 0.0328. The summed E-state index contributed by atoms with van der Waals surface area (Å²) in [6.07, 6.45) is 14.4. The Morgan fingerprint density at radius 1 is 1.32 bits per heavy atom. The van der Waals surface area contributed by atoms with Crippen LogP contribution in [0.15, 0.2) is 0 Å². The Morgan fingerprint density at radius 3 is 2.58 bits per heavy atom. The number of rotatable bonds is 4. The van der Waals surface area contributed by atoms with E-state index in [4.69, 9.17) is 6.42 Å². The molecule has 104 valence electrons. The topological polar surface area (TPSA) is 29.1 Å². The molecule has 0 aliphatic heterocycles. The number of hydrogen-bond acceptors (Lipinski definition) is 1. The second-order valence-corrected chi connectivity index (χ2v) is 7.62. The van der Waals surface area contributed by atoms with Gasteiger partial charge in [-0.2, -0.15) is 0 Å². The van der Waals surface area contributed by atoms with Crippen LogP contribution in [0.5, 0.6) is 0 Å². The quantitative estimate of drug-likeness (QED) is 0.610. The molecular weight excluding hydrogens is 234 g/mol. The molecule has 1 amide bonds. The van der Waals surface area contributed by atoms with Crippen LogP contribution >= 0.6 is 0 Å². The van der Waals surface area contributed by atoms with Crippen LogP contribution in [0.1, 0.15) is 58.3 Å². The average Bonchev–Trinajstić information content (AvgIpc) is 2.31. The van der Waals surface area contributed by atoms with Crippen molar-refractivity contribution in [3.05, 3.63) is 0 Å². The second-order valence-electron chi connectivity index (χ2n) is 7.62. The van der Waals surface area contributed by atoms with Crippen molar-refractivity contribution in [3.8, 4) is 12.3 Å². The highest BCUT2D eigenvalue weighted by Crippen LogP contribution is 2.65. The van der Waals surface area contributed by atoms with Crippen LogP contribution in [0.4, 0.5) is 0 Å². The maximum absolute atomic E-state index is 12.6. The van der Waals surface area contributed by atoms with E-state index in [0.717, 1.165) is 50.5 Å². The van der Waals surface area contributed by atoms with Gasteiger partial charge in [0.1, 0.15) is 0 Å². The third-order valence-corrected chi connectivity index (χ3v) is 5.62. The first-order valence-corrected chi connectivity index (χ1v) is 7.77. The van der Waals surface area contributed by atoms with E-state index >= 15 is 0 Å². The van der Waals surface area contributed by atoms with Gasteiger partial charge in [0, 0.05) is 13.0 Å². The van der Waals surface area contributed by atoms with Gasteiger partial charge >= 0.3 is 0 Å². The SMILES string of the molecule is C#CCCCNC(=O)C12CC3CC(CC(C)(C3)C1)C2. The molecule has 4 rings (SSSR count). The summed E-state index contributed by atoms with van der Waals surface area (Å²) in [6, 6.07) is 0. The van der Waals surface area contributed by atoms with Crippen LogP contribution in [0.2, 0.25) is 0 Å². The monoisotopic (exact) mass is 259 g/mol. The lowest BCUT2D eigenvalue weighted by atomic mass is 9.44. The maximum Gasteiger partial charge on any atom is 0.226 e. The van der Waals surface area contributed by atoms with Crippen molar-refractivity contribution >= 4 is 5.91 Å². The molecule has 0 radical (unpaired) electrons. The van der Waals surface area contributed by atoms with Gasteiger partial charge in [0.25, 0.3) is 0 Å². The van der Waals surface area contributed by atoms with Crippen molar-refractivity contribution < 1.29 is 4.79 Å². The largest absolute Gasteiger partial charge is 0.356 e. The summed E-state index contributed by atoms with van der Waals surface area (Å²) in [5.74, 6) is 4.57. The summed E-state index contributed by atoms with van der Waals surface area (Å²) >= 11 is 0. The lowest BCUT2D eigenvalue weighted by Gasteiger charge is -2.60. The maximum atomic E-state index is 12.6. The van der Waals surface area contributed by atoms with Crippen molar-refractivity contribution in [1.82, 2.24) is 5.32 Å². The smallest absolute Gasteiger partial charge is 0.226 e. The molecule has 4 fully saturated rings. The molecule has 0 aromatic heterocycles. The molecule has 4 aliphatic rings. The Morgan fingerprint density at radius 2 is 2.00 bits per heavy atom. The molecule has 4 aliphatic carbocycles. The van der Waals surface area contributed by atoms with E-state index in [1.807, 2.05) is 0 Å². The van der Waals surface area contributed by atoms with Crippen molar-refractivity contribution in [2.75, 3.05) is 6.54 Å². The molecule has 2 nitrogen and oxygen atoms in total. The van der Waals surface area contributed by atoms with Gasteiger partial charge in [-0.25, -0.2) is 0 Å². The molecule has 4 saturated carbocycles. The highest BCUT2D eigenvalue weighted by Gasteiger charge is 2.58. The highest BCUT2D eigenvalue weighted by molar-refractivity contribution is 5.83.